The normalized spacial score (nSPS) is 9.98. The SMILES string of the molecule is CCSSCO.CCSSCO.CCSSCOC(=O)CCC(=O)[O-].CCSSCOP(C)C.CC[NH+](CC)CC.[2H]CSSCOC(=O)CCC(=O)CC.[3H]OC. The Kier molecular flexibility index (Phi) is 85.2. The monoisotopic (exact) mass is 1010 g/mol. The van der Waals surface area contributed by atoms with Crippen LogP contribution in [0.2, 0.25) is 0 Å². The first kappa shape index (κ1) is 66.9. The Bertz CT molecular complexity index is 795. The third kappa shape index (κ3) is 91.5. The number of aliphatic hydroxyl groups excluding tert-OH is 3. The van der Waals surface area contributed by atoms with Gasteiger partial charge in [-0.15, -0.1) is 0 Å². The van der Waals surface area contributed by atoms with Crippen molar-refractivity contribution in [3.05, 3.63) is 0 Å². The summed E-state index contributed by atoms with van der Waals surface area (Å²) in [4.78, 5) is 44.2. The quantitative estimate of drug-likeness (QED) is 0.0195. The van der Waals surface area contributed by atoms with Crippen molar-refractivity contribution in [3.8, 4) is 0 Å². The summed E-state index contributed by atoms with van der Waals surface area (Å²) < 4.78 is 27.4. The molecule has 0 heterocycles. The zero-order valence-corrected chi connectivity index (χ0v) is 44.4. The van der Waals surface area contributed by atoms with E-state index in [0.717, 1.165) is 23.2 Å². The van der Waals surface area contributed by atoms with Crippen LogP contribution < -0.4 is 10.0 Å². The molecule has 0 spiro atoms. The molecule has 0 unspecified atom stereocenters. The number of Topliss-reactive ketones (excluding diaryl/α,β-unsaturated/α-hetero) is 1. The van der Waals surface area contributed by atoms with Crippen LogP contribution in [0.4, 0.5) is 0 Å². The second-order valence-corrected chi connectivity index (χ2v) is 23.8. The van der Waals surface area contributed by atoms with E-state index in [-0.39, 0.29) is 75.6 Å². The third-order valence-electron chi connectivity index (χ3n) is 4.92. The Hall–Kier alpha value is 1.81. The van der Waals surface area contributed by atoms with E-state index in [9.17, 15) is 24.3 Å². The van der Waals surface area contributed by atoms with Gasteiger partial charge in [-0.1, -0.05) is 143 Å². The van der Waals surface area contributed by atoms with Crippen LogP contribution in [0.5, 0.6) is 0 Å². The Morgan fingerprint density at radius 2 is 1.05 bits per heavy atom. The van der Waals surface area contributed by atoms with Gasteiger partial charge in [0.15, 0.2) is 0 Å². The molecule has 0 saturated carbocycles. The van der Waals surface area contributed by atoms with Crippen LogP contribution in [-0.2, 0) is 33.2 Å². The number of ketones is 1. The number of carbonyl (C=O) groups is 4. The Balaban J connectivity index is -0.000000109. The first-order chi connectivity index (χ1) is 27.7. The Labute approximate surface area is 384 Å². The first-order valence-corrected chi connectivity index (χ1v) is 32.2. The van der Waals surface area contributed by atoms with E-state index in [0.29, 0.717) is 6.42 Å². The number of aliphatic carboxylic acids is 1. The number of carboxylic acids is 1. The highest BCUT2D eigenvalue weighted by Crippen LogP contribution is 2.31. The standard InChI is InChI=1S/C8H14O3S2.C7H12O4S2.C6H15N.C5H13OPS2.2C3H8OS2.CH4O/c1-3-7(9)4-5-8(10)11-6-13-12-2;1-2-12-13-5-11-7(10)4-3-6(8)9;1-4-7(5-2)6-3;1-4-8-9-5-6-7(2)3;2*1-2-5-6-3-4;1-2/h3-6H2,1-2H3;2-5H2,1H3,(H,8,9);4-6H2,1-3H3;4-5H2,1-3H3;2*4H,2-3H2,1H3;2H,1H3/i2D;;;;;;2T. The molecular formula is C33H74NO11PS10. The van der Waals surface area contributed by atoms with Gasteiger partial charge < -0.3 is 44.1 Å². The lowest BCUT2D eigenvalue weighted by Crippen LogP contribution is -3.11. The maximum atomic E-state index is 11.0. The number of hydrogen-bond donors (Lipinski definition) is 4. The number of hydrogen-bond acceptors (Lipinski definition) is 21. The molecular weight excluding hydrogens is 938 g/mol. The molecule has 0 atom stereocenters. The van der Waals surface area contributed by atoms with Crippen LogP contribution >= 0.6 is 116 Å². The summed E-state index contributed by atoms with van der Waals surface area (Å²) in [6.07, 6.45) is 0.766. The van der Waals surface area contributed by atoms with Crippen LogP contribution in [-0.4, -0.2) is 139 Å². The van der Waals surface area contributed by atoms with Crippen molar-refractivity contribution in [2.45, 2.75) is 87.5 Å². The highest BCUT2D eigenvalue weighted by Gasteiger charge is 2.06. The summed E-state index contributed by atoms with van der Waals surface area (Å²) in [6, 6.07) is 0. The molecule has 0 fully saturated rings. The highest BCUT2D eigenvalue weighted by atomic mass is 33.1. The van der Waals surface area contributed by atoms with Crippen molar-refractivity contribution in [2.24, 2.45) is 0 Å². The fourth-order valence-corrected chi connectivity index (χ4v) is 8.46. The van der Waals surface area contributed by atoms with Gasteiger partial charge in [0.1, 0.15) is 23.6 Å². The number of quaternary nitrogens is 1. The van der Waals surface area contributed by atoms with Crippen molar-refractivity contribution in [2.75, 3.05) is 99.0 Å². The number of carbonyl (C=O) groups excluding carboxylic acids is 4. The number of ether oxygens (including phenoxy) is 2. The topological polar surface area (TPSA) is 184 Å². The molecule has 0 radical (unpaired) electrons. The lowest BCUT2D eigenvalue weighted by Gasteiger charge is -2.10. The van der Waals surface area contributed by atoms with Gasteiger partial charge in [0, 0.05) is 58.5 Å². The van der Waals surface area contributed by atoms with Gasteiger partial charge in [-0.25, -0.2) is 0 Å². The predicted octanol–water partition coefficient (Wildman–Crippen LogP) is 7.91. The van der Waals surface area contributed by atoms with Crippen LogP contribution in [0.3, 0.4) is 0 Å². The molecule has 0 aromatic carbocycles. The minimum absolute atomic E-state index is 0.0788. The fraction of sp³-hybridized carbons (Fsp3) is 0.879. The zero-order chi connectivity index (χ0) is 46.1. The van der Waals surface area contributed by atoms with Gasteiger partial charge in [0.25, 0.3) is 0 Å². The lowest BCUT2D eigenvalue weighted by atomic mass is 10.2. The lowest BCUT2D eigenvalue weighted by molar-refractivity contribution is -0.894. The fourth-order valence-electron chi connectivity index (χ4n) is 2.33. The average molecular weight is 1020 g/mol. The minimum Gasteiger partial charge on any atom is -0.550 e. The molecule has 0 aromatic rings. The van der Waals surface area contributed by atoms with Crippen LogP contribution in [0.25, 0.3) is 0 Å². The molecule has 0 aliphatic rings. The molecule has 56 heavy (non-hydrogen) atoms. The number of esters is 2. The summed E-state index contributed by atoms with van der Waals surface area (Å²) in [7, 11) is 16.7. The summed E-state index contributed by atoms with van der Waals surface area (Å²) in [5.41, 5.74) is 0. The molecule has 4 N–H and O–H groups in total. The van der Waals surface area contributed by atoms with Gasteiger partial charge in [-0.3, -0.25) is 14.4 Å². The van der Waals surface area contributed by atoms with Gasteiger partial charge in [0.2, 0.25) is 1.43 Å². The maximum Gasteiger partial charge on any atom is 0.307 e. The van der Waals surface area contributed by atoms with Crippen LogP contribution in [0.1, 0.15) is 88.9 Å². The number of aliphatic hydroxyl groups is 3. The largest absolute Gasteiger partial charge is 0.550 e. The highest BCUT2D eigenvalue weighted by molar-refractivity contribution is 8.77. The first-order valence-electron chi connectivity index (χ1n) is 18.7. The van der Waals surface area contributed by atoms with Gasteiger partial charge in [-0.2, -0.15) is 0 Å². The van der Waals surface area contributed by atoms with Crippen LogP contribution in [0, 0.1) is 0 Å². The minimum atomic E-state index is -1.23. The van der Waals surface area contributed by atoms with Crippen LogP contribution in [0.15, 0.2) is 0 Å². The zero-order valence-electron chi connectivity index (χ0n) is 37.3. The predicted molar refractivity (Wildman–Crippen MR) is 264 cm³/mol. The summed E-state index contributed by atoms with van der Waals surface area (Å²) in [5, 5.41) is 29.7. The summed E-state index contributed by atoms with van der Waals surface area (Å²) >= 11 is 0. The Morgan fingerprint density at radius 3 is 1.36 bits per heavy atom. The second kappa shape index (κ2) is 71.3. The van der Waals surface area contributed by atoms with E-state index in [2.05, 4.69) is 60.0 Å². The number of rotatable bonds is 28. The van der Waals surface area contributed by atoms with Gasteiger partial charge in [0.05, 0.1) is 44.4 Å². The van der Waals surface area contributed by atoms with E-state index in [4.69, 9.17) is 27.0 Å². The van der Waals surface area contributed by atoms with Gasteiger partial charge in [-0.05, 0) is 46.8 Å². The molecule has 0 bridgehead atoms. The van der Waals surface area contributed by atoms with Crippen molar-refractivity contribution in [1.82, 2.24) is 0 Å². The number of carboxylic acid groups (broad SMARTS) is 1. The molecule has 23 heteroatoms. The van der Waals surface area contributed by atoms with E-state index in [1.54, 1.807) is 55.0 Å². The van der Waals surface area contributed by atoms with E-state index in [1.165, 1.54) is 86.5 Å². The summed E-state index contributed by atoms with van der Waals surface area (Å²) in [6.45, 7) is 24.8. The molecule has 342 valence electrons. The van der Waals surface area contributed by atoms with Gasteiger partial charge >= 0.3 is 11.9 Å². The summed E-state index contributed by atoms with van der Waals surface area (Å²) in [5.74, 6) is 4.11. The van der Waals surface area contributed by atoms with E-state index >= 15 is 0 Å². The third-order valence-corrected chi connectivity index (χ3v) is 15.2. The van der Waals surface area contributed by atoms with E-state index < -0.39 is 11.9 Å². The van der Waals surface area contributed by atoms with Crippen molar-refractivity contribution in [1.29, 1.82) is 1.43 Å². The number of nitrogens with one attached hydrogen (secondary N) is 1. The van der Waals surface area contributed by atoms with Crippen molar-refractivity contribution in [3.63, 3.8) is 0 Å². The molecule has 0 aromatic heterocycles. The Morgan fingerprint density at radius 1 is 0.661 bits per heavy atom. The van der Waals surface area contributed by atoms with E-state index in [1.807, 2.05) is 17.7 Å². The van der Waals surface area contributed by atoms with Crippen molar-refractivity contribution >= 4 is 140 Å². The smallest absolute Gasteiger partial charge is 0.307 e. The molecule has 0 amide bonds. The second-order valence-electron chi connectivity index (χ2n) is 8.99. The average Bonchev–Trinajstić information content (AvgIpc) is 3.21. The molecule has 0 rings (SSSR count). The molecule has 0 saturated heterocycles. The molecule has 0 aliphatic heterocycles. The maximum absolute atomic E-state index is 11.0. The molecule has 0 aliphatic carbocycles. The molecule has 12 nitrogen and oxygen atoms in total. The van der Waals surface area contributed by atoms with Crippen molar-refractivity contribution < 1.29 is 59.9 Å².